The van der Waals surface area contributed by atoms with Gasteiger partial charge in [-0.3, -0.25) is 9.88 Å². The molecule has 2 rings (SSSR count). The largest absolute Gasteiger partial charge is 0.480 e. The van der Waals surface area contributed by atoms with E-state index < -0.39 is 17.5 Å². The number of rotatable bonds is 3. The summed E-state index contributed by atoms with van der Waals surface area (Å²) in [6.07, 6.45) is 5.78. The third kappa shape index (κ3) is 2.67. The number of pyridine rings is 1. The van der Waals surface area contributed by atoms with Crippen LogP contribution in [0, 0.1) is 0 Å². The molecule has 0 aliphatic heterocycles. The highest BCUT2D eigenvalue weighted by Gasteiger charge is 2.43. The van der Waals surface area contributed by atoms with Crippen LogP contribution in [0.25, 0.3) is 0 Å². The molecule has 0 atom stereocenters. The van der Waals surface area contributed by atoms with Crippen molar-refractivity contribution in [2.24, 2.45) is 0 Å². The molecule has 0 saturated heterocycles. The summed E-state index contributed by atoms with van der Waals surface area (Å²) in [6.45, 7) is 0. The number of carbonyl (C=O) groups is 2. The van der Waals surface area contributed by atoms with Crippen LogP contribution in [-0.2, 0) is 4.79 Å². The molecular weight excluding hydrogens is 246 g/mol. The third-order valence-corrected chi connectivity index (χ3v) is 3.55. The summed E-state index contributed by atoms with van der Waals surface area (Å²) in [7, 11) is 1.59. The Labute approximate surface area is 111 Å². The second-order valence-corrected chi connectivity index (χ2v) is 4.79. The SMILES string of the molecule is CN(C(=O)NC1(C(=O)O)CCCC1)c1cccnc1. The van der Waals surface area contributed by atoms with Crippen LogP contribution in [0.4, 0.5) is 10.5 Å². The van der Waals surface area contributed by atoms with Gasteiger partial charge < -0.3 is 10.4 Å². The summed E-state index contributed by atoms with van der Waals surface area (Å²) in [4.78, 5) is 28.8. The summed E-state index contributed by atoms with van der Waals surface area (Å²) < 4.78 is 0. The predicted octanol–water partition coefficient (Wildman–Crippen LogP) is 1.62. The summed E-state index contributed by atoms with van der Waals surface area (Å²) in [6, 6.07) is 3.05. The monoisotopic (exact) mass is 263 g/mol. The van der Waals surface area contributed by atoms with Crippen molar-refractivity contribution in [2.45, 2.75) is 31.2 Å². The molecule has 1 aliphatic rings. The highest BCUT2D eigenvalue weighted by atomic mass is 16.4. The normalized spacial score (nSPS) is 16.9. The zero-order chi connectivity index (χ0) is 13.9. The molecule has 2 amide bonds. The van der Waals surface area contributed by atoms with Gasteiger partial charge >= 0.3 is 12.0 Å². The van der Waals surface area contributed by atoms with Crippen molar-refractivity contribution in [1.82, 2.24) is 10.3 Å². The molecule has 1 aromatic rings. The molecule has 1 saturated carbocycles. The van der Waals surface area contributed by atoms with Crippen LogP contribution in [0.3, 0.4) is 0 Å². The maximum atomic E-state index is 12.1. The summed E-state index contributed by atoms with van der Waals surface area (Å²) in [5.41, 5.74) is -0.494. The number of carboxylic acid groups (broad SMARTS) is 1. The number of hydrogen-bond donors (Lipinski definition) is 2. The van der Waals surface area contributed by atoms with Crippen molar-refractivity contribution in [3.8, 4) is 0 Å². The lowest BCUT2D eigenvalue weighted by Gasteiger charge is -2.28. The van der Waals surface area contributed by atoms with E-state index >= 15 is 0 Å². The van der Waals surface area contributed by atoms with Crippen LogP contribution in [0.5, 0.6) is 0 Å². The molecule has 2 N–H and O–H groups in total. The van der Waals surface area contributed by atoms with Crippen molar-refractivity contribution < 1.29 is 14.7 Å². The maximum absolute atomic E-state index is 12.1. The molecule has 0 radical (unpaired) electrons. The Kier molecular flexibility index (Phi) is 3.69. The standard InChI is InChI=1S/C13H17N3O3/c1-16(10-5-4-8-14-9-10)12(19)15-13(11(17)18)6-2-3-7-13/h4-5,8-9H,2-3,6-7H2,1H3,(H,15,19)(H,17,18). The van der Waals surface area contributed by atoms with E-state index in [0.29, 0.717) is 18.5 Å². The number of urea groups is 1. The minimum Gasteiger partial charge on any atom is -0.480 e. The fourth-order valence-corrected chi connectivity index (χ4v) is 2.33. The van der Waals surface area contributed by atoms with E-state index in [1.807, 2.05) is 0 Å². The van der Waals surface area contributed by atoms with Gasteiger partial charge in [-0.25, -0.2) is 9.59 Å². The molecule has 19 heavy (non-hydrogen) atoms. The molecule has 6 heteroatoms. The zero-order valence-corrected chi connectivity index (χ0v) is 10.8. The Morgan fingerprint density at radius 3 is 2.63 bits per heavy atom. The first-order valence-corrected chi connectivity index (χ1v) is 6.24. The first kappa shape index (κ1) is 13.3. The van der Waals surface area contributed by atoms with Crippen LogP contribution >= 0.6 is 0 Å². The molecule has 102 valence electrons. The Hall–Kier alpha value is -2.11. The van der Waals surface area contributed by atoms with E-state index in [4.69, 9.17) is 0 Å². The fraction of sp³-hybridized carbons (Fsp3) is 0.462. The second kappa shape index (κ2) is 5.26. The molecule has 1 heterocycles. The number of carboxylic acids is 1. The molecule has 1 aromatic heterocycles. The van der Waals surface area contributed by atoms with Gasteiger partial charge in [0.15, 0.2) is 0 Å². The average Bonchev–Trinajstić information content (AvgIpc) is 2.88. The van der Waals surface area contributed by atoms with Gasteiger partial charge in [-0.05, 0) is 25.0 Å². The summed E-state index contributed by atoms with van der Waals surface area (Å²) in [5, 5.41) is 12.0. The second-order valence-electron chi connectivity index (χ2n) is 4.79. The molecule has 6 nitrogen and oxygen atoms in total. The Morgan fingerprint density at radius 1 is 1.42 bits per heavy atom. The molecule has 0 aromatic carbocycles. The number of anilines is 1. The van der Waals surface area contributed by atoms with Gasteiger partial charge in [-0.2, -0.15) is 0 Å². The highest BCUT2D eigenvalue weighted by Crippen LogP contribution is 2.30. The van der Waals surface area contributed by atoms with Crippen molar-refractivity contribution in [3.63, 3.8) is 0 Å². The first-order valence-electron chi connectivity index (χ1n) is 6.24. The van der Waals surface area contributed by atoms with Gasteiger partial charge in [0.1, 0.15) is 5.54 Å². The van der Waals surface area contributed by atoms with Crippen LogP contribution < -0.4 is 10.2 Å². The van der Waals surface area contributed by atoms with Crippen molar-refractivity contribution in [1.29, 1.82) is 0 Å². The summed E-state index contributed by atoms with van der Waals surface area (Å²) >= 11 is 0. The molecule has 0 bridgehead atoms. The minimum absolute atomic E-state index is 0.419. The molecule has 0 spiro atoms. The fourth-order valence-electron chi connectivity index (χ4n) is 2.33. The summed E-state index contributed by atoms with van der Waals surface area (Å²) in [5.74, 6) is -0.960. The van der Waals surface area contributed by atoms with E-state index in [1.54, 1.807) is 31.6 Å². The lowest BCUT2D eigenvalue weighted by molar-refractivity contribution is -0.144. The lowest BCUT2D eigenvalue weighted by Crippen LogP contribution is -2.55. The van der Waals surface area contributed by atoms with Crippen molar-refractivity contribution >= 4 is 17.7 Å². The smallest absolute Gasteiger partial charge is 0.329 e. The molecule has 0 unspecified atom stereocenters. The first-order chi connectivity index (χ1) is 9.05. The van der Waals surface area contributed by atoms with Gasteiger partial charge in [0.25, 0.3) is 0 Å². The lowest BCUT2D eigenvalue weighted by atomic mass is 9.98. The average molecular weight is 263 g/mol. The molecule has 1 fully saturated rings. The number of carbonyl (C=O) groups excluding carboxylic acids is 1. The van der Waals surface area contributed by atoms with Crippen LogP contribution in [0.15, 0.2) is 24.5 Å². The predicted molar refractivity (Wildman–Crippen MR) is 70.0 cm³/mol. The van der Waals surface area contributed by atoms with E-state index in [0.717, 1.165) is 12.8 Å². The highest BCUT2D eigenvalue weighted by molar-refractivity contribution is 5.95. The Balaban J connectivity index is 2.10. The van der Waals surface area contributed by atoms with Crippen molar-refractivity contribution in [3.05, 3.63) is 24.5 Å². The molecular formula is C13H17N3O3. The number of aromatic nitrogens is 1. The zero-order valence-electron chi connectivity index (χ0n) is 10.8. The van der Waals surface area contributed by atoms with Crippen LogP contribution in [0.2, 0.25) is 0 Å². The van der Waals surface area contributed by atoms with Gasteiger partial charge in [-0.15, -0.1) is 0 Å². The van der Waals surface area contributed by atoms with Crippen molar-refractivity contribution in [2.75, 3.05) is 11.9 Å². The Bertz CT molecular complexity index is 469. The van der Waals surface area contributed by atoms with E-state index in [1.165, 1.54) is 4.90 Å². The third-order valence-electron chi connectivity index (χ3n) is 3.55. The maximum Gasteiger partial charge on any atom is 0.329 e. The number of amides is 2. The van der Waals surface area contributed by atoms with E-state index in [-0.39, 0.29) is 0 Å². The van der Waals surface area contributed by atoms with Crippen LogP contribution in [-0.4, -0.2) is 34.7 Å². The van der Waals surface area contributed by atoms with Gasteiger partial charge in [0.2, 0.25) is 0 Å². The number of nitrogens with one attached hydrogen (secondary N) is 1. The van der Waals surface area contributed by atoms with E-state index in [9.17, 15) is 14.7 Å². The van der Waals surface area contributed by atoms with Crippen LogP contribution in [0.1, 0.15) is 25.7 Å². The van der Waals surface area contributed by atoms with Gasteiger partial charge in [0.05, 0.1) is 11.9 Å². The number of aliphatic carboxylic acids is 1. The topological polar surface area (TPSA) is 82.5 Å². The molecule has 1 aliphatic carbocycles. The van der Waals surface area contributed by atoms with Gasteiger partial charge in [-0.1, -0.05) is 12.8 Å². The van der Waals surface area contributed by atoms with Gasteiger partial charge in [0, 0.05) is 13.2 Å². The Morgan fingerprint density at radius 2 is 2.11 bits per heavy atom. The number of nitrogens with zero attached hydrogens (tertiary/aromatic N) is 2. The van der Waals surface area contributed by atoms with E-state index in [2.05, 4.69) is 10.3 Å². The number of hydrogen-bond acceptors (Lipinski definition) is 3. The quantitative estimate of drug-likeness (QED) is 0.868. The minimum atomic E-state index is -1.12.